The molecule has 0 atom stereocenters. The molecule has 98 valence electrons. The van der Waals surface area contributed by atoms with Gasteiger partial charge < -0.3 is 5.32 Å². The fraction of sp³-hybridized carbons (Fsp3) is 0.643. The molecule has 18 heavy (non-hydrogen) atoms. The van der Waals surface area contributed by atoms with Gasteiger partial charge in [0.05, 0.1) is 11.9 Å². The van der Waals surface area contributed by atoms with Crippen LogP contribution in [-0.2, 0) is 0 Å². The van der Waals surface area contributed by atoms with Crippen molar-refractivity contribution in [3.05, 3.63) is 23.8 Å². The van der Waals surface area contributed by atoms with Crippen molar-refractivity contribution in [1.82, 2.24) is 15.3 Å². The van der Waals surface area contributed by atoms with Gasteiger partial charge in [-0.2, -0.15) is 0 Å². The van der Waals surface area contributed by atoms with Crippen molar-refractivity contribution >= 4 is 5.91 Å². The van der Waals surface area contributed by atoms with Gasteiger partial charge in [0.15, 0.2) is 0 Å². The molecule has 1 aliphatic carbocycles. The van der Waals surface area contributed by atoms with Gasteiger partial charge >= 0.3 is 0 Å². The molecule has 0 spiro atoms. The molecule has 0 bridgehead atoms. The Balaban J connectivity index is 1.66. The fourth-order valence-corrected chi connectivity index (χ4v) is 2.49. The number of aryl methyl sites for hydroxylation is 1. The lowest BCUT2D eigenvalue weighted by Crippen LogP contribution is -2.25. The van der Waals surface area contributed by atoms with Gasteiger partial charge in [-0.05, 0) is 25.7 Å². The predicted octanol–water partition coefficient (Wildman–Crippen LogP) is 2.49. The minimum atomic E-state index is -0.117. The Morgan fingerprint density at radius 3 is 2.78 bits per heavy atom. The molecule has 0 radical (unpaired) electrons. The van der Waals surface area contributed by atoms with E-state index < -0.39 is 0 Å². The number of carbonyl (C=O) groups excluding carboxylic acids is 1. The third-order valence-electron chi connectivity index (χ3n) is 3.56. The maximum absolute atomic E-state index is 11.7. The third kappa shape index (κ3) is 3.79. The molecule has 0 unspecified atom stereocenters. The molecule has 4 nitrogen and oxygen atoms in total. The first kappa shape index (κ1) is 13.0. The maximum atomic E-state index is 11.7. The first-order valence-electron chi connectivity index (χ1n) is 6.82. The summed E-state index contributed by atoms with van der Waals surface area (Å²) in [5.74, 6) is 0.773. The van der Waals surface area contributed by atoms with Crippen LogP contribution in [0, 0.1) is 12.8 Å². The van der Waals surface area contributed by atoms with Crippen LogP contribution < -0.4 is 5.32 Å². The molecule has 1 fully saturated rings. The molecule has 1 heterocycles. The zero-order chi connectivity index (χ0) is 12.8. The lowest BCUT2D eigenvalue weighted by atomic mass is 10.0. The molecule has 1 aromatic heterocycles. The summed E-state index contributed by atoms with van der Waals surface area (Å²) < 4.78 is 0. The Labute approximate surface area is 108 Å². The summed E-state index contributed by atoms with van der Waals surface area (Å²) in [7, 11) is 0. The van der Waals surface area contributed by atoms with Crippen molar-refractivity contribution in [1.29, 1.82) is 0 Å². The molecule has 1 aromatic rings. The van der Waals surface area contributed by atoms with E-state index in [1.807, 2.05) is 6.92 Å². The van der Waals surface area contributed by atoms with Gasteiger partial charge in [0, 0.05) is 12.7 Å². The largest absolute Gasteiger partial charge is 0.351 e. The molecule has 1 amide bonds. The predicted molar refractivity (Wildman–Crippen MR) is 70.3 cm³/mol. The second-order valence-corrected chi connectivity index (χ2v) is 5.09. The van der Waals surface area contributed by atoms with Crippen molar-refractivity contribution in [2.75, 3.05) is 6.54 Å². The average Bonchev–Trinajstić information content (AvgIpc) is 2.88. The number of nitrogens with one attached hydrogen (secondary N) is 1. The minimum absolute atomic E-state index is 0.117. The van der Waals surface area contributed by atoms with E-state index in [1.54, 1.807) is 6.20 Å². The van der Waals surface area contributed by atoms with Gasteiger partial charge in [-0.3, -0.25) is 9.78 Å². The Morgan fingerprint density at radius 1 is 1.33 bits per heavy atom. The van der Waals surface area contributed by atoms with Gasteiger partial charge in [-0.25, -0.2) is 4.98 Å². The SMILES string of the molecule is Cc1cnc(C(=O)NCCCC2CCCC2)cn1. The summed E-state index contributed by atoms with van der Waals surface area (Å²) in [5.41, 5.74) is 1.23. The average molecular weight is 247 g/mol. The molecule has 0 aromatic carbocycles. The first-order chi connectivity index (χ1) is 8.75. The highest BCUT2D eigenvalue weighted by Gasteiger charge is 2.14. The number of carbonyl (C=O) groups is 1. The van der Waals surface area contributed by atoms with E-state index in [1.165, 1.54) is 38.3 Å². The van der Waals surface area contributed by atoms with Crippen molar-refractivity contribution in [2.24, 2.45) is 5.92 Å². The summed E-state index contributed by atoms with van der Waals surface area (Å²) in [5, 5.41) is 2.90. The summed E-state index contributed by atoms with van der Waals surface area (Å²) in [4.78, 5) is 19.9. The van der Waals surface area contributed by atoms with E-state index in [4.69, 9.17) is 0 Å². The lowest BCUT2D eigenvalue weighted by Gasteiger charge is -2.09. The van der Waals surface area contributed by atoms with E-state index in [0.717, 1.165) is 24.6 Å². The summed E-state index contributed by atoms with van der Waals surface area (Å²) >= 11 is 0. The molecular formula is C14H21N3O. The van der Waals surface area contributed by atoms with E-state index >= 15 is 0 Å². The fourth-order valence-electron chi connectivity index (χ4n) is 2.49. The highest BCUT2D eigenvalue weighted by atomic mass is 16.1. The molecule has 2 rings (SSSR count). The Kier molecular flexibility index (Phi) is 4.67. The van der Waals surface area contributed by atoms with E-state index in [9.17, 15) is 4.79 Å². The second kappa shape index (κ2) is 6.47. The molecule has 4 heteroatoms. The van der Waals surface area contributed by atoms with E-state index in [0.29, 0.717) is 5.69 Å². The molecule has 1 N–H and O–H groups in total. The van der Waals surface area contributed by atoms with Crippen LogP contribution in [0.3, 0.4) is 0 Å². The van der Waals surface area contributed by atoms with Gasteiger partial charge in [-0.1, -0.05) is 25.7 Å². The van der Waals surface area contributed by atoms with Crippen LogP contribution in [0.25, 0.3) is 0 Å². The molecule has 1 aliphatic rings. The van der Waals surface area contributed by atoms with Crippen LogP contribution in [0.1, 0.15) is 54.7 Å². The summed E-state index contributed by atoms with van der Waals surface area (Å²) in [6.07, 6.45) is 11.0. The molecular weight excluding hydrogens is 226 g/mol. The monoisotopic (exact) mass is 247 g/mol. The summed E-state index contributed by atoms with van der Waals surface area (Å²) in [6, 6.07) is 0. The Hall–Kier alpha value is -1.45. The lowest BCUT2D eigenvalue weighted by molar-refractivity contribution is 0.0947. The zero-order valence-corrected chi connectivity index (χ0v) is 11.0. The molecule has 1 saturated carbocycles. The highest BCUT2D eigenvalue weighted by Crippen LogP contribution is 2.28. The van der Waals surface area contributed by atoms with Crippen molar-refractivity contribution in [3.63, 3.8) is 0 Å². The zero-order valence-electron chi connectivity index (χ0n) is 11.0. The Bertz CT molecular complexity index is 383. The molecule has 0 saturated heterocycles. The Morgan fingerprint density at radius 2 is 2.11 bits per heavy atom. The highest BCUT2D eigenvalue weighted by molar-refractivity contribution is 5.91. The van der Waals surface area contributed by atoms with Crippen molar-refractivity contribution < 1.29 is 4.79 Å². The maximum Gasteiger partial charge on any atom is 0.271 e. The van der Waals surface area contributed by atoms with Gasteiger partial charge in [0.1, 0.15) is 5.69 Å². The summed E-state index contributed by atoms with van der Waals surface area (Å²) in [6.45, 7) is 2.60. The number of hydrogen-bond acceptors (Lipinski definition) is 3. The van der Waals surface area contributed by atoms with E-state index in [-0.39, 0.29) is 5.91 Å². The van der Waals surface area contributed by atoms with Crippen LogP contribution >= 0.6 is 0 Å². The van der Waals surface area contributed by atoms with Crippen molar-refractivity contribution in [3.8, 4) is 0 Å². The normalized spacial score (nSPS) is 15.8. The van der Waals surface area contributed by atoms with Crippen LogP contribution in [0.2, 0.25) is 0 Å². The number of aromatic nitrogens is 2. The number of nitrogens with zero attached hydrogens (tertiary/aromatic N) is 2. The molecule has 0 aliphatic heterocycles. The van der Waals surface area contributed by atoms with Crippen LogP contribution in [0.15, 0.2) is 12.4 Å². The number of rotatable bonds is 5. The number of hydrogen-bond donors (Lipinski definition) is 1. The second-order valence-electron chi connectivity index (χ2n) is 5.09. The smallest absolute Gasteiger partial charge is 0.271 e. The van der Waals surface area contributed by atoms with Crippen LogP contribution in [0.4, 0.5) is 0 Å². The van der Waals surface area contributed by atoms with Crippen LogP contribution in [0.5, 0.6) is 0 Å². The third-order valence-corrected chi connectivity index (χ3v) is 3.56. The van der Waals surface area contributed by atoms with E-state index in [2.05, 4.69) is 15.3 Å². The standard InChI is InChI=1S/C14H21N3O/c1-11-9-17-13(10-16-11)14(18)15-8-4-7-12-5-2-3-6-12/h9-10,12H,2-8H2,1H3,(H,15,18). The van der Waals surface area contributed by atoms with Crippen LogP contribution in [-0.4, -0.2) is 22.4 Å². The van der Waals surface area contributed by atoms with Gasteiger partial charge in [-0.15, -0.1) is 0 Å². The van der Waals surface area contributed by atoms with Crippen molar-refractivity contribution in [2.45, 2.75) is 45.4 Å². The minimum Gasteiger partial charge on any atom is -0.351 e. The number of amides is 1. The van der Waals surface area contributed by atoms with Gasteiger partial charge in [0.2, 0.25) is 0 Å². The van der Waals surface area contributed by atoms with Gasteiger partial charge in [0.25, 0.3) is 5.91 Å². The topological polar surface area (TPSA) is 54.9 Å². The first-order valence-corrected chi connectivity index (χ1v) is 6.82. The quantitative estimate of drug-likeness (QED) is 0.813.